The fourth-order valence-electron chi connectivity index (χ4n) is 1.57. The number of imidazole rings is 1. The molecule has 0 radical (unpaired) electrons. The summed E-state index contributed by atoms with van der Waals surface area (Å²) in [7, 11) is 0. The minimum absolute atomic E-state index is 0.0613. The molecule has 0 spiro atoms. The molecule has 2 rings (SSSR count). The SMILES string of the molecule is CC(C)(C)c1c(N)nc2ncncn12. The van der Waals surface area contributed by atoms with Gasteiger partial charge in [-0.1, -0.05) is 20.8 Å². The van der Waals surface area contributed by atoms with Crippen LogP contribution in [-0.2, 0) is 5.41 Å². The third kappa shape index (κ3) is 1.21. The van der Waals surface area contributed by atoms with E-state index in [1.54, 1.807) is 6.33 Å². The van der Waals surface area contributed by atoms with Crippen LogP contribution in [0.4, 0.5) is 5.82 Å². The number of hydrogen-bond donors (Lipinski definition) is 1. The van der Waals surface area contributed by atoms with Crippen LogP contribution < -0.4 is 5.73 Å². The van der Waals surface area contributed by atoms with Gasteiger partial charge in [-0.3, -0.25) is 4.40 Å². The third-order valence-corrected chi connectivity index (χ3v) is 2.05. The first-order valence-corrected chi connectivity index (χ1v) is 4.44. The molecule has 0 bridgehead atoms. The van der Waals surface area contributed by atoms with Gasteiger partial charge in [-0.2, -0.15) is 4.98 Å². The highest BCUT2D eigenvalue weighted by Gasteiger charge is 2.23. The molecule has 0 unspecified atom stereocenters. The second-order valence-electron chi connectivity index (χ2n) is 4.27. The Labute approximate surface area is 82.0 Å². The van der Waals surface area contributed by atoms with Gasteiger partial charge in [0.15, 0.2) is 0 Å². The normalized spacial score (nSPS) is 12.2. The van der Waals surface area contributed by atoms with Crippen LogP contribution in [0, 0.1) is 0 Å². The maximum atomic E-state index is 5.84. The fraction of sp³-hybridized carbons (Fsp3) is 0.444. The van der Waals surface area contributed by atoms with Gasteiger partial charge in [-0.25, -0.2) is 9.97 Å². The van der Waals surface area contributed by atoms with E-state index in [0.29, 0.717) is 11.6 Å². The van der Waals surface area contributed by atoms with Gasteiger partial charge in [0.1, 0.15) is 18.5 Å². The first kappa shape index (κ1) is 8.93. The molecule has 0 amide bonds. The van der Waals surface area contributed by atoms with Crippen molar-refractivity contribution in [1.82, 2.24) is 19.4 Å². The predicted octanol–water partition coefficient (Wildman–Crippen LogP) is 1.00. The summed E-state index contributed by atoms with van der Waals surface area (Å²) in [5, 5.41) is 0. The van der Waals surface area contributed by atoms with Crippen LogP contribution in [0.1, 0.15) is 26.5 Å². The summed E-state index contributed by atoms with van der Waals surface area (Å²) in [6, 6.07) is 0. The largest absolute Gasteiger partial charge is 0.382 e. The molecule has 14 heavy (non-hydrogen) atoms. The Hall–Kier alpha value is -1.65. The van der Waals surface area contributed by atoms with Crippen molar-refractivity contribution in [2.75, 3.05) is 5.73 Å². The van der Waals surface area contributed by atoms with Crippen LogP contribution in [0.25, 0.3) is 5.78 Å². The van der Waals surface area contributed by atoms with E-state index in [-0.39, 0.29) is 5.41 Å². The van der Waals surface area contributed by atoms with Crippen molar-refractivity contribution >= 4 is 11.6 Å². The Morgan fingerprint density at radius 1 is 1.36 bits per heavy atom. The van der Waals surface area contributed by atoms with E-state index in [0.717, 1.165) is 5.69 Å². The number of rotatable bonds is 0. The molecule has 74 valence electrons. The highest BCUT2D eigenvalue weighted by Crippen LogP contribution is 2.27. The lowest BCUT2D eigenvalue weighted by Gasteiger charge is -2.18. The molecule has 2 aromatic rings. The Morgan fingerprint density at radius 2 is 2.07 bits per heavy atom. The Kier molecular flexibility index (Phi) is 1.70. The van der Waals surface area contributed by atoms with Crippen molar-refractivity contribution < 1.29 is 0 Å². The number of nitrogens with two attached hydrogens (primary N) is 1. The average molecular weight is 191 g/mol. The first-order valence-electron chi connectivity index (χ1n) is 4.44. The van der Waals surface area contributed by atoms with Gasteiger partial charge in [0, 0.05) is 5.41 Å². The zero-order valence-electron chi connectivity index (χ0n) is 8.52. The van der Waals surface area contributed by atoms with E-state index in [1.165, 1.54) is 6.33 Å². The van der Waals surface area contributed by atoms with Crippen molar-refractivity contribution in [3.05, 3.63) is 18.3 Å². The molecule has 0 atom stereocenters. The van der Waals surface area contributed by atoms with Crippen molar-refractivity contribution in [3.63, 3.8) is 0 Å². The summed E-state index contributed by atoms with van der Waals surface area (Å²) < 4.78 is 1.83. The standard InChI is InChI=1S/C9H13N5/c1-9(2,3)6-7(10)13-8-12-4-11-5-14(6)8/h4-5H,10H2,1-3H3. The number of nitrogens with zero attached hydrogens (tertiary/aromatic N) is 4. The van der Waals surface area contributed by atoms with Gasteiger partial charge in [0.2, 0.25) is 5.78 Å². The number of hydrogen-bond acceptors (Lipinski definition) is 4. The molecule has 5 heteroatoms. The van der Waals surface area contributed by atoms with Crippen LogP contribution in [0.5, 0.6) is 0 Å². The number of nitrogen functional groups attached to an aromatic ring is 1. The van der Waals surface area contributed by atoms with E-state index < -0.39 is 0 Å². The van der Waals surface area contributed by atoms with Crippen LogP contribution in [0.15, 0.2) is 12.7 Å². The van der Waals surface area contributed by atoms with Crippen molar-refractivity contribution in [3.8, 4) is 0 Å². The second-order valence-corrected chi connectivity index (χ2v) is 4.27. The third-order valence-electron chi connectivity index (χ3n) is 2.05. The lowest BCUT2D eigenvalue weighted by molar-refractivity contribution is 0.564. The quantitative estimate of drug-likeness (QED) is 0.674. The maximum absolute atomic E-state index is 5.84. The summed E-state index contributed by atoms with van der Waals surface area (Å²) in [4.78, 5) is 12.2. The Bertz CT molecular complexity index is 465. The summed E-state index contributed by atoms with van der Waals surface area (Å²) in [6.07, 6.45) is 3.15. The monoisotopic (exact) mass is 191 g/mol. The topological polar surface area (TPSA) is 69.1 Å². The van der Waals surface area contributed by atoms with Crippen LogP contribution in [0.3, 0.4) is 0 Å². The van der Waals surface area contributed by atoms with E-state index >= 15 is 0 Å². The van der Waals surface area contributed by atoms with Gasteiger partial charge in [-0.05, 0) is 0 Å². The summed E-state index contributed by atoms with van der Waals surface area (Å²) in [5.41, 5.74) is 6.73. The number of fused-ring (bicyclic) bond motifs is 1. The zero-order valence-corrected chi connectivity index (χ0v) is 8.52. The number of aromatic nitrogens is 4. The summed E-state index contributed by atoms with van der Waals surface area (Å²) in [5.74, 6) is 1.13. The molecule has 0 fully saturated rings. The maximum Gasteiger partial charge on any atom is 0.238 e. The predicted molar refractivity (Wildman–Crippen MR) is 53.9 cm³/mol. The summed E-state index contributed by atoms with van der Waals surface area (Å²) in [6.45, 7) is 6.25. The molecular weight excluding hydrogens is 178 g/mol. The Balaban J connectivity index is 2.81. The Morgan fingerprint density at radius 3 is 2.71 bits per heavy atom. The summed E-state index contributed by atoms with van der Waals surface area (Å²) >= 11 is 0. The average Bonchev–Trinajstić information content (AvgIpc) is 2.38. The molecule has 0 saturated carbocycles. The highest BCUT2D eigenvalue weighted by molar-refractivity contribution is 5.49. The van der Waals surface area contributed by atoms with Crippen molar-refractivity contribution in [2.24, 2.45) is 0 Å². The second kappa shape index (κ2) is 2.67. The van der Waals surface area contributed by atoms with Crippen LogP contribution >= 0.6 is 0 Å². The fourth-order valence-corrected chi connectivity index (χ4v) is 1.57. The van der Waals surface area contributed by atoms with Gasteiger partial charge in [-0.15, -0.1) is 0 Å². The van der Waals surface area contributed by atoms with Gasteiger partial charge in [0.25, 0.3) is 0 Å². The molecular formula is C9H13N5. The van der Waals surface area contributed by atoms with Gasteiger partial charge < -0.3 is 5.73 Å². The van der Waals surface area contributed by atoms with E-state index in [4.69, 9.17) is 5.73 Å². The molecule has 2 heterocycles. The molecule has 0 aliphatic rings. The van der Waals surface area contributed by atoms with Gasteiger partial charge >= 0.3 is 0 Å². The number of anilines is 1. The molecule has 0 aliphatic heterocycles. The first-order chi connectivity index (χ1) is 6.50. The molecule has 5 nitrogen and oxygen atoms in total. The van der Waals surface area contributed by atoms with E-state index in [9.17, 15) is 0 Å². The van der Waals surface area contributed by atoms with Crippen molar-refractivity contribution in [1.29, 1.82) is 0 Å². The molecule has 0 aliphatic carbocycles. The molecule has 0 aromatic carbocycles. The van der Waals surface area contributed by atoms with E-state index in [2.05, 4.69) is 35.7 Å². The van der Waals surface area contributed by atoms with Gasteiger partial charge in [0.05, 0.1) is 5.69 Å². The van der Waals surface area contributed by atoms with E-state index in [1.807, 2.05) is 4.40 Å². The van der Waals surface area contributed by atoms with Crippen LogP contribution in [-0.4, -0.2) is 19.4 Å². The molecule has 0 saturated heterocycles. The highest BCUT2D eigenvalue weighted by atomic mass is 15.2. The molecule has 2 N–H and O–H groups in total. The van der Waals surface area contributed by atoms with Crippen molar-refractivity contribution in [2.45, 2.75) is 26.2 Å². The zero-order chi connectivity index (χ0) is 10.3. The van der Waals surface area contributed by atoms with Crippen LogP contribution in [0.2, 0.25) is 0 Å². The minimum Gasteiger partial charge on any atom is -0.382 e. The minimum atomic E-state index is -0.0613. The lowest BCUT2D eigenvalue weighted by Crippen LogP contribution is -2.16. The molecule has 2 aromatic heterocycles. The lowest BCUT2D eigenvalue weighted by atomic mass is 9.92. The smallest absolute Gasteiger partial charge is 0.238 e.